The van der Waals surface area contributed by atoms with E-state index in [4.69, 9.17) is 14.2 Å². The molecule has 0 unspecified atom stereocenters. The maximum Gasteiger partial charge on any atom is 0.131 e. The van der Waals surface area contributed by atoms with Gasteiger partial charge in [-0.15, -0.1) is 0 Å². The van der Waals surface area contributed by atoms with Crippen molar-refractivity contribution < 1.29 is 14.2 Å². The van der Waals surface area contributed by atoms with E-state index in [9.17, 15) is 0 Å². The van der Waals surface area contributed by atoms with E-state index in [2.05, 4.69) is 56.3 Å². The van der Waals surface area contributed by atoms with Crippen molar-refractivity contribution in [2.45, 2.75) is 26.9 Å². The lowest BCUT2D eigenvalue weighted by Crippen LogP contribution is -2.03. The van der Waals surface area contributed by atoms with Crippen LogP contribution in [0.25, 0.3) is 22.3 Å². The van der Waals surface area contributed by atoms with Gasteiger partial charge in [0.15, 0.2) is 0 Å². The van der Waals surface area contributed by atoms with Crippen molar-refractivity contribution in [1.29, 1.82) is 0 Å². The third-order valence-corrected chi connectivity index (χ3v) is 5.88. The molecule has 3 heteroatoms. The first-order valence-electron chi connectivity index (χ1n) is 11.2. The molecule has 0 amide bonds. The van der Waals surface area contributed by atoms with E-state index < -0.39 is 0 Å². The molecule has 4 aromatic rings. The SMILES string of the molecule is CCc1[c]c(-c2ccc(OC)cc2)c(-c2ccc(OC)cc2)c(OCc2ccccc2)c1C. The van der Waals surface area contributed by atoms with Gasteiger partial charge in [-0.25, -0.2) is 0 Å². The Kier molecular flexibility index (Phi) is 6.99. The van der Waals surface area contributed by atoms with Crippen molar-refractivity contribution in [3.05, 3.63) is 102 Å². The highest BCUT2D eigenvalue weighted by atomic mass is 16.5. The summed E-state index contributed by atoms with van der Waals surface area (Å²) >= 11 is 0. The molecule has 0 saturated heterocycles. The molecule has 0 heterocycles. The fourth-order valence-corrected chi connectivity index (χ4v) is 4.02. The van der Waals surface area contributed by atoms with Crippen LogP contribution in [-0.2, 0) is 13.0 Å². The fourth-order valence-electron chi connectivity index (χ4n) is 4.02. The number of hydrogen-bond acceptors (Lipinski definition) is 3. The second-order valence-electron chi connectivity index (χ2n) is 7.89. The van der Waals surface area contributed by atoms with Gasteiger partial charge in [-0.1, -0.05) is 61.5 Å². The zero-order valence-electron chi connectivity index (χ0n) is 19.6. The monoisotopic (exact) mass is 437 g/mol. The zero-order valence-corrected chi connectivity index (χ0v) is 19.6. The summed E-state index contributed by atoms with van der Waals surface area (Å²) in [7, 11) is 3.36. The topological polar surface area (TPSA) is 27.7 Å². The molecule has 1 radical (unpaired) electrons. The lowest BCUT2D eigenvalue weighted by Gasteiger charge is -2.21. The Hall–Kier alpha value is -3.72. The number of methoxy groups -OCH3 is 2. The van der Waals surface area contributed by atoms with Gasteiger partial charge in [-0.2, -0.15) is 0 Å². The van der Waals surface area contributed by atoms with Crippen molar-refractivity contribution in [3.63, 3.8) is 0 Å². The van der Waals surface area contributed by atoms with E-state index in [0.29, 0.717) is 6.61 Å². The van der Waals surface area contributed by atoms with Gasteiger partial charge in [0.05, 0.1) is 14.2 Å². The smallest absolute Gasteiger partial charge is 0.131 e. The molecule has 0 atom stereocenters. The molecule has 0 saturated carbocycles. The summed E-state index contributed by atoms with van der Waals surface area (Å²) in [5.74, 6) is 2.54. The Morgan fingerprint density at radius 2 is 1.30 bits per heavy atom. The minimum atomic E-state index is 0.500. The van der Waals surface area contributed by atoms with Gasteiger partial charge in [-0.05, 0) is 71.5 Å². The van der Waals surface area contributed by atoms with Crippen LogP contribution >= 0.6 is 0 Å². The van der Waals surface area contributed by atoms with Crippen LogP contribution in [0.5, 0.6) is 17.2 Å². The number of hydrogen-bond donors (Lipinski definition) is 0. The molecular formula is C30H29O3. The molecule has 0 spiro atoms. The maximum absolute atomic E-state index is 6.54. The van der Waals surface area contributed by atoms with Crippen LogP contribution < -0.4 is 14.2 Å². The van der Waals surface area contributed by atoms with Gasteiger partial charge >= 0.3 is 0 Å². The largest absolute Gasteiger partial charge is 0.497 e. The van der Waals surface area contributed by atoms with Crippen LogP contribution in [0.1, 0.15) is 23.6 Å². The Bertz CT molecular complexity index is 1190. The standard InChI is InChI=1S/C30H29O3/c1-5-23-19-28(24-11-15-26(31-3)16-12-24)29(25-13-17-27(32-4)18-14-25)30(21(23)2)33-20-22-9-7-6-8-10-22/h6-18H,5,20H2,1-4H3. The minimum absolute atomic E-state index is 0.500. The highest BCUT2D eigenvalue weighted by Crippen LogP contribution is 2.44. The molecule has 0 bridgehead atoms. The molecule has 0 aliphatic heterocycles. The van der Waals surface area contributed by atoms with Gasteiger partial charge in [0, 0.05) is 11.1 Å². The molecule has 33 heavy (non-hydrogen) atoms. The van der Waals surface area contributed by atoms with E-state index >= 15 is 0 Å². The zero-order chi connectivity index (χ0) is 23.2. The lowest BCUT2D eigenvalue weighted by molar-refractivity contribution is 0.305. The molecule has 0 N–H and O–H groups in total. The van der Waals surface area contributed by atoms with Gasteiger partial charge in [-0.3, -0.25) is 0 Å². The summed E-state index contributed by atoms with van der Waals surface area (Å²) in [6.07, 6.45) is 0.875. The van der Waals surface area contributed by atoms with Crippen molar-refractivity contribution in [1.82, 2.24) is 0 Å². The molecule has 4 aromatic carbocycles. The lowest BCUT2D eigenvalue weighted by atomic mass is 9.88. The van der Waals surface area contributed by atoms with Crippen LogP contribution in [0, 0.1) is 13.0 Å². The van der Waals surface area contributed by atoms with Gasteiger partial charge in [0.1, 0.15) is 23.9 Å². The minimum Gasteiger partial charge on any atom is -0.497 e. The maximum atomic E-state index is 6.54. The van der Waals surface area contributed by atoms with Crippen molar-refractivity contribution in [2.24, 2.45) is 0 Å². The molecule has 4 rings (SSSR count). The molecule has 0 aliphatic rings. The third-order valence-electron chi connectivity index (χ3n) is 5.88. The Morgan fingerprint density at radius 3 is 1.85 bits per heavy atom. The summed E-state index contributed by atoms with van der Waals surface area (Å²) in [6, 6.07) is 30.2. The third kappa shape index (κ3) is 4.88. The quantitative estimate of drug-likeness (QED) is 0.290. The summed E-state index contributed by atoms with van der Waals surface area (Å²) in [4.78, 5) is 0. The predicted molar refractivity (Wildman–Crippen MR) is 134 cm³/mol. The van der Waals surface area contributed by atoms with E-state index in [1.54, 1.807) is 14.2 Å². The molecule has 167 valence electrons. The van der Waals surface area contributed by atoms with Crippen molar-refractivity contribution >= 4 is 0 Å². The van der Waals surface area contributed by atoms with E-state index in [-0.39, 0.29) is 0 Å². The first-order chi connectivity index (χ1) is 16.1. The van der Waals surface area contributed by atoms with E-state index in [0.717, 1.165) is 62.6 Å². The van der Waals surface area contributed by atoms with Crippen molar-refractivity contribution in [2.75, 3.05) is 14.2 Å². The van der Waals surface area contributed by atoms with Crippen LogP contribution in [0.15, 0.2) is 78.9 Å². The Balaban J connectivity index is 1.91. The van der Waals surface area contributed by atoms with E-state index in [1.807, 2.05) is 42.5 Å². The Labute approximate surface area is 196 Å². The van der Waals surface area contributed by atoms with Crippen LogP contribution in [0.4, 0.5) is 0 Å². The summed E-state index contributed by atoms with van der Waals surface area (Å²) in [6.45, 7) is 4.78. The highest BCUT2D eigenvalue weighted by molar-refractivity contribution is 5.89. The molecule has 0 aromatic heterocycles. The average Bonchev–Trinajstić information content (AvgIpc) is 2.88. The van der Waals surface area contributed by atoms with Gasteiger partial charge in [0.25, 0.3) is 0 Å². The fraction of sp³-hybridized carbons (Fsp3) is 0.200. The number of rotatable bonds is 8. The number of aryl methyl sites for hydroxylation is 1. The Morgan fingerprint density at radius 1 is 0.727 bits per heavy atom. The average molecular weight is 438 g/mol. The highest BCUT2D eigenvalue weighted by Gasteiger charge is 2.20. The molecule has 0 aliphatic carbocycles. The number of benzene rings is 4. The van der Waals surface area contributed by atoms with Gasteiger partial charge in [0.2, 0.25) is 0 Å². The van der Waals surface area contributed by atoms with Crippen LogP contribution in [-0.4, -0.2) is 14.2 Å². The second kappa shape index (κ2) is 10.3. The van der Waals surface area contributed by atoms with Crippen LogP contribution in [0.3, 0.4) is 0 Å². The second-order valence-corrected chi connectivity index (χ2v) is 7.89. The first-order valence-corrected chi connectivity index (χ1v) is 11.2. The normalized spacial score (nSPS) is 10.7. The molecule has 0 fully saturated rings. The summed E-state index contributed by atoms with van der Waals surface area (Å²) in [5, 5.41) is 0. The molecular weight excluding hydrogens is 408 g/mol. The van der Waals surface area contributed by atoms with Gasteiger partial charge < -0.3 is 14.2 Å². The predicted octanol–water partition coefficient (Wildman–Crippen LogP) is 7.29. The summed E-state index contributed by atoms with van der Waals surface area (Å²) < 4.78 is 17.3. The van der Waals surface area contributed by atoms with E-state index in [1.165, 1.54) is 0 Å². The summed E-state index contributed by atoms with van der Waals surface area (Å²) in [5.41, 5.74) is 7.60. The van der Waals surface area contributed by atoms with Crippen LogP contribution in [0.2, 0.25) is 0 Å². The molecule has 3 nitrogen and oxygen atoms in total. The van der Waals surface area contributed by atoms with Crippen molar-refractivity contribution in [3.8, 4) is 39.5 Å². The number of ether oxygens (including phenoxy) is 3. The first kappa shape index (κ1) is 22.5.